The standard InChI is InChI=1S/C15H26N2O2S/c1-4-11-20(18,19)14-9-7-13(8-10-14)17-12-15(16,5-2)6-3/h7-10,17H,4-6,11-12,16H2,1-3H3. The van der Waals surface area contributed by atoms with E-state index in [-0.39, 0.29) is 11.3 Å². The Balaban J connectivity index is 2.73. The Morgan fingerprint density at radius 2 is 1.65 bits per heavy atom. The average Bonchev–Trinajstić information content (AvgIpc) is 2.45. The third-order valence-corrected chi connectivity index (χ3v) is 5.68. The molecule has 0 saturated heterocycles. The van der Waals surface area contributed by atoms with Crippen molar-refractivity contribution in [3.63, 3.8) is 0 Å². The number of rotatable bonds is 8. The van der Waals surface area contributed by atoms with E-state index in [1.807, 2.05) is 6.92 Å². The van der Waals surface area contributed by atoms with Gasteiger partial charge in [-0.15, -0.1) is 0 Å². The van der Waals surface area contributed by atoms with Gasteiger partial charge in [-0.2, -0.15) is 0 Å². The second-order valence-electron chi connectivity index (χ2n) is 5.27. The second-order valence-corrected chi connectivity index (χ2v) is 7.38. The van der Waals surface area contributed by atoms with Gasteiger partial charge in [0.2, 0.25) is 0 Å². The number of nitrogens with two attached hydrogens (primary N) is 1. The Labute approximate surface area is 122 Å². The van der Waals surface area contributed by atoms with E-state index >= 15 is 0 Å². The molecule has 5 heteroatoms. The summed E-state index contributed by atoms with van der Waals surface area (Å²) in [4.78, 5) is 0.384. The van der Waals surface area contributed by atoms with E-state index in [9.17, 15) is 8.42 Å². The second kappa shape index (κ2) is 7.09. The number of benzene rings is 1. The molecule has 114 valence electrons. The van der Waals surface area contributed by atoms with Crippen LogP contribution in [0, 0.1) is 0 Å². The van der Waals surface area contributed by atoms with Crippen molar-refractivity contribution in [3.05, 3.63) is 24.3 Å². The zero-order chi connectivity index (χ0) is 15.2. The van der Waals surface area contributed by atoms with Gasteiger partial charge in [-0.05, 0) is 43.5 Å². The van der Waals surface area contributed by atoms with Crippen molar-refractivity contribution in [2.75, 3.05) is 17.6 Å². The van der Waals surface area contributed by atoms with Crippen molar-refractivity contribution in [1.29, 1.82) is 0 Å². The molecule has 0 fully saturated rings. The quantitative estimate of drug-likeness (QED) is 0.774. The van der Waals surface area contributed by atoms with Crippen LogP contribution in [0.4, 0.5) is 5.69 Å². The zero-order valence-corrected chi connectivity index (χ0v) is 13.5. The summed E-state index contributed by atoms with van der Waals surface area (Å²) in [5.74, 6) is 0.192. The van der Waals surface area contributed by atoms with Gasteiger partial charge in [0.05, 0.1) is 10.6 Å². The lowest BCUT2D eigenvalue weighted by Gasteiger charge is -2.27. The highest BCUT2D eigenvalue weighted by Gasteiger charge is 2.19. The molecule has 0 amide bonds. The van der Waals surface area contributed by atoms with Crippen LogP contribution in [0.5, 0.6) is 0 Å². The molecule has 0 heterocycles. The van der Waals surface area contributed by atoms with E-state index in [4.69, 9.17) is 5.73 Å². The molecule has 1 rings (SSSR count). The van der Waals surface area contributed by atoms with E-state index in [0.29, 0.717) is 17.9 Å². The smallest absolute Gasteiger partial charge is 0.178 e. The SMILES string of the molecule is CCCS(=O)(=O)c1ccc(NCC(N)(CC)CC)cc1. The van der Waals surface area contributed by atoms with E-state index in [2.05, 4.69) is 19.2 Å². The van der Waals surface area contributed by atoms with E-state index in [0.717, 1.165) is 18.5 Å². The average molecular weight is 298 g/mol. The highest BCUT2D eigenvalue weighted by molar-refractivity contribution is 7.91. The number of hydrogen-bond donors (Lipinski definition) is 2. The Morgan fingerprint density at radius 3 is 2.10 bits per heavy atom. The Morgan fingerprint density at radius 1 is 1.10 bits per heavy atom. The number of nitrogens with one attached hydrogen (secondary N) is 1. The van der Waals surface area contributed by atoms with Crippen LogP contribution >= 0.6 is 0 Å². The topological polar surface area (TPSA) is 72.2 Å². The van der Waals surface area contributed by atoms with Crippen molar-refractivity contribution in [3.8, 4) is 0 Å². The van der Waals surface area contributed by atoms with Gasteiger partial charge in [0, 0.05) is 17.8 Å². The van der Waals surface area contributed by atoms with Crippen molar-refractivity contribution >= 4 is 15.5 Å². The Bertz CT molecular complexity index is 505. The first-order chi connectivity index (χ1) is 9.37. The van der Waals surface area contributed by atoms with E-state index in [1.54, 1.807) is 24.3 Å². The van der Waals surface area contributed by atoms with Gasteiger partial charge >= 0.3 is 0 Å². The highest BCUT2D eigenvalue weighted by Crippen LogP contribution is 2.18. The summed E-state index contributed by atoms with van der Waals surface area (Å²) in [5.41, 5.74) is 6.91. The lowest BCUT2D eigenvalue weighted by Crippen LogP contribution is -2.45. The molecule has 0 bridgehead atoms. The lowest BCUT2D eigenvalue weighted by molar-refractivity contribution is 0.418. The van der Waals surface area contributed by atoms with Crippen LogP contribution in [-0.2, 0) is 9.84 Å². The fraction of sp³-hybridized carbons (Fsp3) is 0.600. The van der Waals surface area contributed by atoms with Gasteiger partial charge < -0.3 is 11.1 Å². The van der Waals surface area contributed by atoms with Gasteiger partial charge in [0.15, 0.2) is 9.84 Å². The summed E-state index contributed by atoms with van der Waals surface area (Å²) >= 11 is 0. The molecule has 0 unspecified atom stereocenters. The van der Waals surface area contributed by atoms with Gasteiger partial charge in [-0.25, -0.2) is 8.42 Å². The number of anilines is 1. The van der Waals surface area contributed by atoms with Gasteiger partial charge in [-0.1, -0.05) is 20.8 Å². The summed E-state index contributed by atoms with van der Waals surface area (Å²) in [6, 6.07) is 6.91. The van der Waals surface area contributed by atoms with Crippen molar-refractivity contribution in [2.24, 2.45) is 5.73 Å². The molecular weight excluding hydrogens is 272 g/mol. The maximum Gasteiger partial charge on any atom is 0.178 e. The molecule has 4 nitrogen and oxygen atoms in total. The summed E-state index contributed by atoms with van der Waals surface area (Å²) in [5, 5.41) is 3.28. The van der Waals surface area contributed by atoms with Gasteiger partial charge in [0.1, 0.15) is 0 Å². The van der Waals surface area contributed by atoms with Crippen LogP contribution < -0.4 is 11.1 Å². The van der Waals surface area contributed by atoms with Crippen LogP contribution in [0.1, 0.15) is 40.0 Å². The molecule has 0 spiro atoms. The molecular formula is C15H26N2O2S. The first kappa shape index (κ1) is 17.0. The molecule has 0 radical (unpaired) electrons. The van der Waals surface area contributed by atoms with Crippen LogP contribution in [0.25, 0.3) is 0 Å². The number of sulfone groups is 1. The lowest BCUT2D eigenvalue weighted by atomic mass is 9.94. The minimum absolute atomic E-state index is 0.192. The first-order valence-electron chi connectivity index (χ1n) is 7.22. The van der Waals surface area contributed by atoms with Crippen LogP contribution in [0.15, 0.2) is 29.2 Å². The molecule has 0 aliphatic carbocycles. The van der Waals surface area contributed by atoms with Crippen molar-refractivity contribution < 1.29 is 8.42 Å². The summed E-state index contributed by atoms with van der Waals surface area (Å²) in [6.45, 7) is 6.70. The maximum atomic E-state index is 11.9. The molecule has 0 aliphatic rings. The minimum atomic E-state index is -3.13. The molecule has 0 aromatic heterocycles. The third-order valence-electron chi connectivity index (χ3n) is 3.74. The first-order valence-corrected chi connectivity index (χ1v) is 8.87. The predicted molar refractivity (Wildman–Crippen MR) is 84.8 cm³/mol. The maximum absolute atomic E-state index is 11.9. The van der Waals surface area contributed by atoms with Gasteiger partial charge in [-0.3, -0.25) is 0 Å². The minimum Gasteiger partial charge on any atom is -0.383 e. The molecule has 0 saturated carbocycles. The molecule has 20 heavy (non-hydrogen) atoms. The molecule has 3 N–H and O–H groups in total. The van der Waals surface area contributed by atoms with Gasteiger partial charge in [0.25, 0.3) is 0 Å². The Kier molecular flexibility index (Phi) is 6.02. The predicted octanol–water partition coefficient (Wildman–Crippen LogP) is 2.80. The normalized spacial score (nSPS) is 12.4. The molecule has 0 aliphatic heterocycles. The summed E-state index contributed by atoms with van der Waals surface area (Å²) < 4.78 is 23.8. The summed E-state index contributed by atoms with van der Waals surface area (Å²) in [6.07, 6.45) is 2.43. The monoisotopic (exact) mass is 298 g/mol. The van der Waals surface area contributed by atoms with Crippen LogP contribution in [-0.4, -0.2) is 26.3 Å². The van der Waals surface area contributed by atoms with E-state index < -0.39 is 9.84 Å². The molecule has 1 aromatic carbocycles. The van der Waals surface area contributed by atoms with Crippen molar-refractivity contribution in [1.82, 2.24) is 0 Å². The van der Waals surface area contributed by atoms with Crippen LogP contribution in [0.2, 0.25) is 0 Å². The summed E-state index contributed by atoms with van der Waals surface area (Å²) in [7, 11) is -3.13. The van der Waals surface area contributed by atoms with Crippen molar-refractivity contribution in [2.45, 2.75) is 50.5 Å². The molecule has 0 atom stereocenters. The third kappa shape index (κ3) is 4.49. The zero-order valence-electron chi connectivity index (χ0n) is 12.6. The molecule has 1 aromatic rings. The van der Waals surface area contributed by atoms with E-state index in [1.165, 1.54) is 0 Å². The highest BCUT2D eigenvalue weighted by atomic mass is 32.2. The van der Waals surface area contributed by atoms with Crippen LogP contribution in [0.3, 0.4) is 0 Å². The fourth-order valence-electron chi connectivity index (χ4n) is 1.94. The Hall–Kier alpha value is -1.07. The number of hydrogen-bond acceptors (Lipinski definition) is 4. The fourth-order valence-corrected chi connectivity index (χ4v) is 3.27. The largest absolute Gasteiger partial charge is 0.383 e.